The molecule has 1 fully saturated rings. The first kappa shape index (κ1) is 16.6. The summed E-state index contributed by atoms with van der Waals surface area (Å²) in [6.45, 7) is 7.64. The Hall–Kier alpha value is -0.810. The topological polar surface area (TPSA) is 41.7 Å². The molecule has 0 amide bonds. The van der Waals surface area contributed by atoms with Gasteiger partial charge in [-0.2, -0.15) is 0 Å². The van der Waals surface area contributed by atoms with Crippen molar-refractivity contribution in [2.75, 3.05) is 46.4 Å². The molecule has 1 aromatic carbocycles. The summed E-state index contributed by atoms with van der Waals surface area (Å²) in [5, 5.41) is 0.675. The second-order valence-electron chi connectivity index (χ2n) is 5.63. The smallest absolute Gasteiger partial charge is 0.137 e. The van der Waals surface area contributed by atoms with E-state index in [1.807, 2.05) is 12.1 Å². The Morgan fingerprint density at radius 2 is 2.00 bits per heavy atom. The summed E-state index contributed by atoms with van der Waals surface area (Å²) in [7, 11) is 2.16. The molecule has 1 saturated heterocycles. The van der Waals surface area contributed by atoms with Crippen molar-refractivity contribution >= 4 is 11.6 Å². The van der Waals surface area contributed by atoms with Crippen molar-refractivity contribution in [1.82, 2.24) is 9.80 Å². The second kappa shape index (κ2) is 7.99. The summed E-state index contributed by atoms with van der Waals surface area (Å²) < 4.78 is 5.63. The normalized spacial score (nSPS) is 18.7. The molecule has 1 atom stereocenters. The summed E-state index contributed by atoms with van der Waals surface area (Å²) >= 11 is 6.34. The number of likely N-dealkylation sites (N-methyl/N-ethyl adjacent to an activating group) is 1. The number of hydrogen-bond acceptors (Lipinski definition) is 4. The zero-order valence-corrected chi connectivity index (χ0v) is 13.8. The molecular formula is C16H26ClN3O. The molecule has 0 aliphatic carbocycles. The van der Waals surface area contributed by atoms with Gasteiger partial charge in [0.1, 0.15) is 5.75 Å². The van der Waals surface area contributed by atoms with E-state index in [1.165, 1.54) is 5.56 Å². The van der Waals surface area contributed by atoms with Crippen molar-refractivity contribution in [1.29, 1.82) is 0 Å². The highest BCUT2D eigenvalue weighted by Crippen LogP contribution is 2.30. The van der Waals surface area contributed by atoms with Gasteiger partial charge in [-0.05, 0) is 31.2 Å². The molecule has 0 radical (unpaired) electrons. The molecule has 0 saturated carbocycles. The largest absolute Gasteiger partial charge is 0.492 e. The van der Waals surface area contributed by atoms with Crippen LogP contribution in [0, 0.1) is 0 Å². The average Bonchev–Trinajstić information content (AvgIpc) is 2.49. The molecule has 5 heteroatoms. The van der Waals surface area contributed by atoms with E-state index in [1.54, 1.807) is 0 Å². The highest BCUT2D eigenvalue weighted by atomic mass is 35.5. The van der Waals surface area contributed by atoms with Crippen molar-refractivity contribution in [2.45, 2.75) is 19.4 Å². The standard InChI is InChI=1S/C16H26ClN3O/c1-3-10-21-16-5-4-13(11-14(16)17)15(12-18)20-8-6-19(2)7-9-20/h4-5,11,15H,3,6-10,12,18H2,1-2H3. The zero-order valence-electron chi connectivity index (χ0n) is 13.0. The van der Waals surface area contributed by atoms with Crippen LogP contribution < -0.4 is 10.5 Å². The van der Waals surface area contributed by atoms with Gasteiger partial charge in [0.2, 0.25) is 0 Å². The summed E-state index contributed by atoms with van der Waals surface area (Å²) in [6.07, 6.45) is 0.977. The van der Waals surface area contributed by atoms with E-state index in [4.69, 9.17) is 22.1 Å². The first-order valence-corrected chi connectivity index (χ1v) is 8.08. The van der Waals surface area contributed by atoms with Gasteiger partial charge in [0.05, 0.1) is 11.6 Å². The molecule has 21 heavy (non-hydrogen) atoms. The van der Waals surface area contributed by atoms with Crippen LogP contribution in [0.15, 0.2) is 18.2 Å². The van der Waals surface area contributed by atoms with Crippen LogP contribution in [-0.2, 0) is 0 Å². The first-order chi connectivity index (χ1) is 10.2. The van der Waals surface area contributed by atoms with Crippen LogP contribution in [0.5, 0.6) is 5.75 Å². The van der Waals surface area contributed by atoms with Crippen molar-refractivity contribution in [3.05, 3.63) is 28.8 Å². The molecular weight excluding hydrogens is 286 g/mol. The molecule has 2 N–H and O–H groups in total. The lowest BCUT2D eigenvalue weighted by Crippen LogP contribution is -2.47. The van der Waals surface area contributed by atoms with E-state index in [0.717, 1.165) is 38.3 Å². The number of halogens is 1. The fourth-order valence-corrected chi connectivity index (χ4v) is 2.93. The molecule has 1 unspecified atom stereocenters. The quantitative estimate of drug-likeness (QED) is 0.876. The minimum absolute atomic E-state index is 0.233. The number of ether oxygens (including phenoxy) is 1. The molecule has 4 nitrogen and oxygen atoms in total. The number of benzene rings is 1. The Morgan fingerprint density at radius 1 is 1.29 bits per heavy atom. The summed E-state index contributed by atoms with van der Waals surface area (Å²) in [4.78, 5) is 4.79. The van der Waals surface area contributed by atoms with Crippen LogP contribution in [0.1, 0.15) is 24.9 Å². The van der Waals surface area contributed by atoms with E-state index in [0.29, 0.717) is 18.2 Å². The van der Waals surface area contributed by atoms with Gasteiger partial charge in [-0.1, -0.05) is 24.6 Å². The number of nitrogens with zero attached hydrogens (tertiary/aromatic N) is 2. The number of rotatable bonds is 6. The number of piperazine rings is 1. The van der Waals surface area contributed by atoms with Gasteiger partial charge in [-0.3, -0.25) is 4.90 Å². The van der Waals surface area contributed by atoms with Gasteiger partial charge in [-0.25, -0.2) is 0 Å². The molecule has 0 aromatic heterocycles. The highest BCUT2D eigenvalue weighted by Gasteiger charge is 2.23. The van der Waals surface area contributed by atoms with Gasteiger partial charge in [0, 0.05) is 38.8 Å². The van der Waals surface area contributed by atoms with Crippen molar-refractivity contribution < 1.29 is 4.74 Å². The fourth-order valence-electron chi connectivity index (χ4n) is 2.68. The molecule has 0 bridgehead atoms. The lowest BCUT2D eigenvalue weighted by molar-refractivity contribution is 0.114. The van der Waals surface area contributed by atoms with E-state index < -0.39 is 0 Å². The lowest BCUT2D eigenvalue weighted by atomic mass is 10.0. The second-order valence-corrected chi connectivity index (χ2v) is 6.04. The van der Waals surface area contributed by atoms with Crippen LogP contribution in [0.25, 0.3) is 0 Å². The number of hydrogen-bond donors (Lipinski definition) is 1. The fraction of sp³-hybridized carbons (Fsp3) is 0.625. The summed E-state index contributed by atoms with van der Waals surface area (Å²) in [6, 6.07) is 6.29. The predicted molar refractivity (Wildman–Crippen MR) is 88.1 cm³/mol. The summed E-state index contributed by atoms with van der Waals surface area (Å²) in [5.74, 6) is 0.761. The van der Waals surface area contributed by atoms with Crippen molar-refractivity contribution in [2.24, 2.45) is 5.73 Å². The van der Waals surface area contributed by atoms with Crippen LogP contribution in [0.4, 0.5) is 0 Å². The zero-order chi connectivity index (χ0) is 15.2. The van der Waals surface area contributed by atoms with Crippen molar-refractivity contribution in [3.63, 3.8) is 0 Å². The Morgan fingerprint density at radius 3 is 2.57 bits per heavy atom. The van der Waals surface area contributed by atoms with E-state index in [9.17, 15) is 0 Å². The van der Waals surface area contributed by atoms with Gasteiger partial charge in [0.25, 0.3) is 0 Å². The molecule has 1 aliphatic heterocycles. The molecule has 0 spiro atoms. The maximum atomic E-state index is 6.34. The maximum absolute atomic E-state index is 6.34. The molecule has 1 heterocycles. The third-order valence-electron chi connectivity index (χ3n) is 4.00. The minimum atomic E-state index is 0.233. The van der Waals surface area contributed by atoms with E-state index >= 15 is 0 Å². The van der Waals surface area contributed by atoms with Crippen LogP contribution in [0.3, 0.4) is 0 Å². The van der Waals surface area contributed by atoms with E-state index in [2.05, 4.69) is 29.8 Å². The summed E-state index contributed by atoms with van der Waals surface area (Å²) in [5.41, 5.74) is 7.19. The third-order valence-corrected chi connectivity index (χ3v) is 4.30. The monoisotopic (exact) mass is 311 g/mol. The lowest BCUT2D eigenvalue weighted by Gasteiger charge is -2.37. The van der Waals surface area contributed by atoms with Gasteiger partial charge in [0.15, 0.2) is 0 Å². The van der Waals surface area contributed by atoms with Crippen LogP contribution >= 0.6 is 11.6 Å². The Labute approximate surface area is 132 Å². The van der Waals surface area contributed by atoms with Crippen LogP contribution in [-0.4, -0.2) is 56.2 Å². The highest BCUT2D eigenvalue weighted by molar-refractivity contribution is 6.32. The third kappa shape index (κ3) is 4.33. The van der Waals surface area contributed by atoms with E-state index in [-0.39, 0.29) is 6.04 Å². The van der Waals surface area contributed by atoms with Crippen molar-refractivity contribution in [3.8, 4) is 5.75 Å². The minimum Gasteiger partial charge on any atom is -0.492 e. The molecule has 1 aromatic rings. The molecule has 2 rings (SSSR count). The number of nitrogens with two attached hydrogens (primary N) is 1. The molecule has 1 aliphatic rings. The van der Waals surface area contributed by atoms with Gasteiger partial charge in [-0.15, -0.1) is 0 Å². The maximum Gasteiger partial charge on any atom is 0.137 e. The SMILES string of the molecule is CCCOc1ccc(C(CN)N2CCN(C)CC2)cc1Cl. The van der Waals surface area contributed by atoms with Gasteiger partial charge < -0.3 is 15.4 Å². The first-order valence-electron chi connectivity index (χ1n) is 7.70. The Bertz CT molecular complexity index is 447. The predicted octanol–water partition coefficient (Wildman–Crippen LogP) is 2.38. The average molecular weight is 312 g/mol. The Kier molecular flexibility index (Phi) is 6.30. The Balaban J connectivity index is 2.09. The van der Waals surface area contributed by atoms with Crippen LogP contribution in [0.2, 0.25) is 5.02 Å². The van der Waals surface area contributed by atoms with Gasteiger partial charge >= 0.3 is 0 Å². The molecule has 118 valence electrons.